The molecule has 0 spiro atoms. The first-order valence-corrected chi connectivity index (χ1v) is 4.83. The minimum atomic E-state index is -0.166. The summed E-state index contributed by atoms with van der Waals surface area (Å²) in [6.07, 6.45) is 0. The summed E-state index contributed by atoms with van der Waals surface area (Å²) in [7, 11) is 0. The lowest BCUT2D eigenvalue weighted by molar-refractivity contribution is -0.122. The Kier molecular flexibility index (Phi) is 3.97. The molecule has 0 radical (unpaired) electrons. The lowest BCUT2D eigenvalue weighted by Crippen LogP contribution is -2.28. The van der Waals surface area contributed by atoms with Crippen molar-refractivity contribution in [3.63, 3.8) is 0 Å². The highest BCUT2D eigenvalue weighted by molar-refractivity contribution is 5.77. The molecule has 1 aromatic carbocycles. The summed E-state index contributed by atoms with van der Waals surface area (Å²) in [5.74, 6) is 0.532. The highest BCUT2D eigenvalue weighted by atomic mass is 16.5. The molecule has 1 aromatic rings. The Morgan fingerprint density at radius 2 is 2.27 bits per heavy atom. The van der Waals surface area contributed by atoms with E-state index in [4.69, 9.17) is 4.74 Å². The van der Waals surface area contributed by atoms with Gasteiger partial charge in [0.15, 0.2) is 6.61 Å². The number of carbonyl (C=O) groups excluding carboxylic acids is 1. The summed E-state index contributed by atoms with van der Waals surface area (Å²) < 4.78 is 5.26. The topological polar surface area (TPSA) is 58.6 Å². The Bertz CT molecular complexity index is 350. The fourth-order valence-electron chi connectivity index (χ4n) is 1.15. The van der Waals surface area contributed by atoms with Crippen molar-refractivity contribution in [2.75, 3.05) is 13.2 Å². The first-order chi connectivity index (χ1) is 7.15. The molecule has 0 fully saturated rings. The van der Waals surface area contributed by atoms with E-state index in [1.807, 2.05) is 6.92 Å². The maximum absolute atomic E-state index is 11.1. The molecule has 0 heterocycles. The molecule has 1 amide bonds. The Morgan fingerprint density at radius 1 is 1.53 bits per heavy atom. The molecule has 4 heteroatoms. The number of likely N-dealkylation sites (N-methyl/N-ethyl adjacent to an activating group) is 1. The molecule has 2 N–H and O–H groups in total. The summed E-state index contributed by atoms with van der Waals surface area (Å²) >= 11 is 0. The van der Waals surface area contributed by atoms with Gasteiger partial charge in [-0.15, -0.1) is 0 Å². The van der Waals surface area contributed by atoms with Gasteiger partial charge in [-0.25, -0.2) is 0 Å². The zero-order chi connectivity index (χ0) is 11.3. The molecule has 0 unspecified atom stereocenters. The summed E-state index contributed by atoms with van der Waals surface area (Å²) in [5, 5.41) is 12.0. The van der Waals surface area contributed by atoms with Gasteiger partial charge in [-0.1, -0.05) is 6.07 Å². The van der Waals surface area contributed by atoms with Gasteiger partial charge >= 0.3 is 0 Å². The largest absolute Gasteiger partial charge is 0.508 e. The smallest absolute Gasteiger partial charge is 0.257 e. The molecule has 0 aliphatic heterocycles. The van der Waals surface area contributed by atoms with Gasteiger partial charge in [0.1, 0.15) is 11.5 Å². The highest BCUT2D eigenvalue weighted by Gasteiger charge is 2.05. The number of nitrogens with one attached hydrogen (secondary N) is 1. The Labute approximate surface area is 88.9 Å². The quantitative estimate of drug-likeness (QED) is 0.783. The van der Waals surface area contributed by atoms with Crippen LogP contribution in [-0.2, 0) is 4.79 Å². The number of hydrogen-bond acceptors (Lipinski definition) is 3. The lowest BCUT2D eigenvalue weighted by Gasteiger charge is -2.09. The van der Waals surface area contributed by atoms with E-state index in [2.05, 4.69) is 5.32 Å². The monoisotopic (exact) mass is 209 g/mol. The van der Waals surface area contributed by atoms with Gasteiger partial charge < -0.3 is 15.2 Å². The van der Waals surface area contributed by atoms with E-state index in [0.29, 0.717) is 17.9 Å². The van der Waals surface area contributed by atoms with Gasteiger partial charge in [0.25, 0.3) is 5.91 Å². The van der Waals surface area contributed by atoms with Gasteiger partial charge in [-0.05, 0) is 26.0 Å². The van der Waals surface area contributed by atoms with Crippen LogP contribution in [0.25, 0.3) is 0 Å². The fraction of sp³-hybridized carbons (Fsp3) is 0.364. The molecule has 0 atom stereocenters. The van der Waals surface area contributed by atoms with E-state index in [1.54, 1.807) is 25.1 Å². The standard InChI is InChI=1S/C11H15NO3/c1-3-12-11(14)7-15-10-6-4-5-9(13)8(10)2/h4-6,13H,3,7H2,1-2H3,(H,12,14). The van der Waals surface area contributed by atoms with Crippen LogP contribution in [0.1, 0.15) is 12.5 Å². The van der Waals surface area contributed by atoms with Crippen LogP contribution in [0.3, 0.4) is 0 Å². The highest BCUT2D eigenvalue weighted by Crippen LogP contribution is 2.25. The van der Waals surface area contributed by atoms with Crippen molar-refractivity contribution in [2.45, 2.75) is 13.8 Å². The molecule has 1 rings (SSSR count). The SMILES string of the molecule is CCNC(=O)COc1cccc(O)c1C. The normalized spacial score (nSPS) is 9.73. The minimum Gasteiger partial charge on any atom is -0.508 e. The summed E-state index contributed by atoms with van der Waals surface area (Å²) in [6, 6.07) is 4.97. The zero-order valence-electron chi connectivity index (χ0n) is 8.91. The summed E-state index contributed by atoms with van der Waals surface area (Å²) in [4.78, 5) is 11.1. The predicted octanol–water partition coefficient (Wildman–Crippen LogP) is 1.22. The molecular formula is C11H15NO3. The van der Waals surface area contributed by atoms with Crippen LogP contribution in [0.5, 0.6) is 11.5 Å². The number of ether oxygens (including phenoxy) is 1. The number of carbonyl (C=O) groups is 1. The molecule has 0 aromatic heterocycles. The van der Waals surface area contributed by atoms with Gasteiger partial charge in [0.2, 0.25) is 0 Å². The molecule has 0 saturated carbocycles. The minimum absolute atomic E-state index is 0.0296. The number of amides is 1. The van der Waals surface area contributed by atoms with Crippen molar-refractivity contribution >= 4 is 5.91 Å². The predicted molar refractivity (Wildman–Crippen MR) is 57.0 cm³/mol. The lowest BCUT2D eigenvalue weighted by atomic mass is 10.2. The maximum Gasteiger partial charge on any atom is 0.257 e. The molecule has 0 saturated heterocycles. The van der Waals surface area contributed by atoms with Crippen LogP contribution in [0.15, 0.2) is 18.2 Å². The van der Waals surface area contributed by atoms with Gasteiger partial charge in [-0.3, -0.25) is 4.79 Å². The third-order valence-electron chi connectivity index (χ3n) is 1.99. The number of phenolic OH excluding ortho intramolecular Hbond substituents is 1. The van der Waals surface area contributed by atoms with Crippen molar-refractivity contribution < 1.29 is 14.6 Å². The fourth-order valence-corrected chi connectivity index (χ4v) is 1.15. The Morgan fingerprint density at radius 3 is 2.93 bits per heavy atom. The molecule has 82 valence electrons. The second-order valence-corrected chi connectivity index (χ2v) is 3.14. The van der Waals surface area contributed by atoms with E-state index in [0.717, 1.165) is 0 Å². The van der Waals surface area contributed by atoms with Crippen LogP contribution >= 0.6 is 0 Å². The summed E-state index contributed by atoms with van der Waals surface area (Å²) in [5.41, 5.74) is 0.641. The molecule has 4 nitrogen and oxygen atoms in total. The van der Waals surface area contributed by atoms with Crippen molar-refractivity contribution in [2.24, 2.45) is 0 Å². The van der Waals surface area contributed by atoms with E-state index in [1.165, 1.54) is 0 Å². The van der Waals surface area contributed by atoms with Gasteiger partial charge in [0.05, 0.1) is 0 Å². The molecule has 15 heavy (non-hydrogen) atoms. The number of hydrogen-bond donors (Lipinski definition) is 2. The van der Waals surface area contributed by atoms with Crippen LogP contribution in [0.2, 0.25) is 0 Å². The second kappa shape index (κ2) is 5.24. The number of benzene rings is 1. The van der Waals surface area contributed by atoms with Crippen molar-refractivity contribution in [1.29, 1.82) is 0 Å². The number of phenols is 1. The second-order valence-electron chi connectivity index (χ2n) is 3.14. The van der Waals surface area contributed by atoms with Crippen LogP contribution < -0.4 is 10.1 Å². The first kappa shape index (κ1) is 11.4. The van der Waals surface area contributed by atoms with Crippen LogP contribution in [0, 0.1) is 6.92 Å². The third kappa shape index (κ3) is 3.16. The van der Waals surface area contributed by atoms with Crippen LogP contribution in [0.4, 0.5) is 0 Å². The first-order valence-electron chi connectivity index (χ1n) is 4.83. The van der Waals surface area contributed by atoms with E-state index < -0.39 is 0 Å². The van der Waals surface area contributed by atoms with Gasteiger partial charge in [-0.2, -0.15) is 0 Å². The third-order valence-corrected chi connectivity index (χ3v) is 1.99. The average molecular weight is 209 g/mol. The average Bonchev–Trinajstić information content (AvgIpc) is 2.21. The maximum atomic E-state index is 11.1. The number of rotatable bonds is 4. The van der Waals surface area contributed by atoms with E-state index in [9.17, 15) is 9.90 Å². The Hall–Kier alpha value is -1.71. The summed E-state index contributed by atoms with van der Waals surface area (Å²) in [6.45, 7) is 4.14. The van der Waals surface area contributed by atoms with E-state index >= 15 is 0 Å². The van der Waals surface area contributed by atoms with E-state index in [-0.39, 0.29) is 18.3 Å². The molecular weight excluding hydrogens is 194 g/mol. The molecule has 0 aliphatic carbocycles. The molecule has 0 aliphatic rings. The van der Waals surface area contributed by atoms with Crippen LogP contribution in [-0.4, -0.2) is 24.2 Å². The van der Waals surface area contributed by atoms with Crippen molar-refractivity contribution in [3.8, 4) is 11.5 Å². The van der Waals surface area contributed by atoms with Crippen molar-refractivity contribution in [1.82, 2.24) is 5.32 Å². The molecule has 0 bridgehead atoms. The number of aromatic hydroxyl groups is 1. The van der Waals surface area contributed by atoms with Crippen molar-refractivity contribution in [3.05, 3.63) is 23.8 Å². The van der Waals surface area contributed by atoms with Gasteiger partial charge in [0, 0.05) is 12.1 Å². The zero-order valence-corrected chi connectivity index (χ0v) is 8.91. The Balaban J connectivity index is 2.58.